The third kappa shape index (κ3) is 1.38. The van der Waals surface area contributed by atoms with Gasteiger partial charge in [0.05, 0.1) is 0 Å². The van der Waals surface area contributed by atoms with E-state index in [9.17, 15) is 0 Å². The van der Waals surface area contributed by atoms with Gasteiger partial charge in [-0.15, -0.1) is 0 Å². The molecule has 64 valence electrons. The molecule has 2 rings (SSSR count). The molecule has 0 aliphatic heterocycles. The molecule has 0 unspecified atom stereocenters. The average Bonchev–Trinajstić information content (AvgIpc) is 2.18. The zero-order chi connectivity index (χ0) is 9.26. The Bertz CT molecular complexity index is 427. The van der Waals surface area contributed by atoms with Crippen molar-refractivity contribution in [2.24, 2.45) is 0 Å². The summed E-state index contributed by atoms with van der Waals surface area (Å²) >= 11 is 0. The Morgan fingerprint density at radius 3 is 2.92 bits per heavy atom. The minimum Gasteiger partial charge on any atom is -0.0693 e. The van der Waals surface area contributed by atoms with Crippen LogP contribution in [0.1, 0.15) is 18.1 Å². The third-order valence-corrected chi connectivity index (χ3v) is 2.41. The largest absolute Gasteiger partial charge is 0.0693 e. The molecule has 0 nitrogen and oxygen atoms in total. The van der Waals surface area contributed by atoms with Gasteiger partial charge in [0.2, 0.25) is 0 Å². The first kappa shape index (κ1) is 8.13. The molecule has 0 radical (unpaired) electrons. The summed E-state index contributed by atoms with van der Waals surface area (Å²) in [7, 11) is 0. The number of hydrogen-bond donors (Lipinski definition) is 0. The Kier molecular flexibility index (Phi) is 1.94. The van der Waals surface area contributed by atoms with Crippen molar-refractivity contribution >= 4 is 10.8 Å². The van der Waals surface area contributed by atoms with Crippen LogP contribution < -0.4 is 0 Å². The number of fused-ring (bicyclic) bond motifs is 1. The van der Waals surface area contributed by atoms with Crippen LogP contribution in [0.2, 0.25) is 0 Å². The second-order valence-corrected chi connectivity index (χ2v) is 3.33. The van der Waals surface area contributed by atoms with E-state index in [4.69, 9.17) is 0 Å². The molecular weight excluding hydrogens is 156 g/mol. The van der Waals surface area contributed by atoms with E-state index in [-0.39, 0.29) is 0 Å². The van der Waals surface area contributed by atoms with E-state index < -0.39 is 0 Å². The summed E-state index contributed by atoms with van der Waals surface area (Å²) in [5.74, 6) is 0. The maximum Gasteiger partial charge on any atom is 0.0326 e. The first-order valence-corrected chi connectivity index (χ1v) is 4.63. The van der Waals surface area contributed by atoms with Crippen molar-refractivity contribution in [3.63, 3.8) is 0 Å². The lowest BCUT2D eigenvalue weighted by molar-refractivity contribution is 1.15. The maximum atomic E-state index is 3.14. The molecular formula is C13H12. The molecule has 0 fully saturated rings. The molecule has 0 atom stereocenters. The molecule has 13 heavy (non-hydrogen) atoms. The summed E-state index contributed by atoms with van der Waals surface area (Å²) in [5.41, 5.74) is 2.64. The Balaban J connectivity index is 2.72. The number of hydrogen-bond acceptors (Lipinski definition) is 0. The van der Waals surface area contributed by atoms with Crippen LogP contribution in [0, 0.1) is 19.1 Å². The highest BCUT2D eigenvalue weighted by Crippen LogP contribution is 2.17. The molecule has 0 aliphatic rings. The van der Waals surface area contributed by atoms with Crippen LogP contribution in [0.3, 0.4) is 0 Å². The Hall–Kier alpha value is -1.48. The molecule has 0 aromatic heterocycles. The maximum absolute atomic E-state index is 3.14. The Labute approximate surface area is 79.2 Å². The molecule has 2 aromatic carbocycles. The van der Waals surface area contributed by atoms with Crippen molar-refractivity contribution in [2.75, 3.05) is 0 Å². The van der Waals surface area contributed by atoms with Gasteiger partial charge < -0.3 is 0 Å². The SMILES string of the molecule is CCc1ccc2c(C)cc#cc2c1. The average molecular weight is 168 g/mol. The van der Waals surface area contributed by atoms with E-state index in [1.165, 1.54) is 21.9 Å². The summed E-state index contributed by atoms with van der Waals surface area (Å²) in [6.45, 7) is 4.28. The zero-order valence-corrected chi connectivity index (χ0v) is 8.02. The molecule has 0 aliphatic carbocycles. The van der Waals surface area contributed by atoms with Gasteiger partial charge >= 0.3 is 0 Å². The smallest absolute Gasteiger partial charge is 0.0326 e. The lowest BCUT2D eigenvalue weighted by Crippen LogP contribution is -1.81. The van der Waals surface area contributed by atoms with E-state index in [0.29, 0.717) is 0 Å². The Morgan fingerprint density at radius 1 is 1.31 bits per heavy atom. The fourth-order valence-electron chi connectivity index (χ4n) is 1.56. The second kappa shape index (κ2) is 3.11. The predicted molar refractivity (Wildman–Crippen MR) is 55.7 cm³/mol. The van der Waals surface area contributed by atoms with E-state index >= 15 is 0 Å². The van der Waals surface area contributed by atoms with Gasteiger partial charge in [-0.25, -0.2) is 0 Å². The van der Waals surface area contributed by atoms with Crippen LogP contribution in [0.4, 0.5) is 0 Å². The highest BCUT2D eigenvalue weighted by molar-refractivity contribution is 5.84. The van der Waals surface area contributed by atoms with Crippen molar-refractivity contribution in [3.8, 4) is 0 Å². The van der Waals surface area contributed by atoms with Crippen LogP contribution >= 0.6 is 0 Å². The third-order valence-electron chi connectivity index (χ3n) is 2.41. The first-order chi connectivity index (χ1) is 6.31. The highest BCUT2D eigenvalue weighted by Gasteiger charge is 1.96. The highest BCUT2D eigenvalue weighted by atomic mass is 14.0. The molecule has 0 saturated heterocycles. The van der Waals surface area contributed by atoms with Gasteiger partial charge in [-0.3, -0.25) is 0 Å². The van der Waals surface area contributed by atoms with E-state index in [2.05, 4.69) is 44.2 Å². The van der Waals surface area contributed by atoms with Crippen molar-refractivity contribution in [1.82, 2.24) is 0 Å². The minimum absolute atomic E-state index is 1.08. The Morgan fingerprint density at radius 2 is 2.15 bits per heavy atom. The normalized spacial score (nSPS) is 10.0. The van der Waals surface area contributed by atoms with Crippen LogP contribution in [-0.4, -0.2) is 0 Å². The molecule has 0 saturated carbocycles. The van der Waals surface area contributed by atoms with Crippen molar-refractivity contribution in [2.45, 2.75) is 20.3 Å². The molecule has 0 bridgehead atoms. The van der Waals surface area contributed by atoms with Gasteiger partial charge in [-0.05, 0) is 42.0 Å². The summed E-state index contributed by atoms with van der Waals surface area (Å²) in [4.78, 5) is 0. The zero-order valence-electron chi connectivity index (χ0n) is 8.02. The number of rotatable bonds is 1. The fraction of sp³-hybridized carbons (Fsp3) is 0.231. The van der Waals surface area contributed by atoms with Gasteiger partial charge in [0, 0.05) is 5.39 Å². The molecule has 0 N–H and O–H groups in total. The topological polar surface area (TPSA) is 0 Å². The predicted octanol–water partition coefficient (Wildman–Crippen LogP) is 3.31. The van der Waals surface area contributed by atoms with Crippen molar-refractivity contribution in [1.29, 1.82) is 0 Å². The van der Waals surface area contributed by atoms with Crippen LogP contribution in [0.25, 0.3) is 10.8 Å². The fourth-order valence-corrected chi connectivity index (χ4v) is 1.56. The summed E-state index contributed by atoms with van der Waals surface area (Å²) in [6, 6.07) is 14.7. The monoisotopic (exact) mass is 168 g/mol. The van der Waals surface area contributed by atoms with Gasteiger partial charge in [0.15, 0.2) is 0 Å². The molecule has 0 heteroatoms. The van der Waals surface area contributed by atoms with Crippen LogP contribution in [0.15, 0.2) is 24.3 Å². The lowest BCUT2D eigenvalue weighted by Gasteiger charge is -2.00. The summed E-state index contributed by atoms with van der Waals surface area (Å²) in [5, 5.41) is 2.47. The quantitative estimate of drug-likeness (QED) is 0.612. The first-order valence-electron chi connectivity index (χ1n) is 4.63. The van der Waals surface area contributed by atoms with Gasteiger partial charge in [0.1, 0.15) is 0 Å². The summed E-state index contributed by atoms with van der Waals surface area (Å²) < 4.78 is 0. The van der Waals surface area contributed by atoms with Gasteiger partial charge in [-0.2, -0.15) is 0 Å². The van der Waals surface area contributed by atoms with Crippen molar-refractivity contribution in [3.05, 3.63) is 47.5 Å². The van der Waals surface area contributed by atoms with Gasteiger partial charge in [0.25, 0.3) is 0 Å². The molecule has 0 heterocycles. The summed E-state index contributed by atoms with van der Waals surface area (Å²) in [6.07, 6.45) is 1.08. The lowest BCUT2D eigenvalue weighted by atomic mass is 10.0. The molecule has 0 spiro atoms. The number of aryl methyl sites for hydroxylation is 2. The van der Waals surface area contributed by atoms with Crippen LogP contribution in [-0.2, 0) is 6.42 Å². The standard InChI is InChI=1S/C13H12/c1-3-11-7-8-13-10(2)5-4-6-12(13)9-11/h5,7-9H,3H2,1-2H3. The van der Waals surface area contributed by atoms with E-state index in [1.54, 1.807) is 0 Å². The molecule has 0 amide bonds. The van der Waals surface area contributed by atoms with Crippen LogP contribution in [0.5, 0.6) is 0 Å². The van der Waals surface area contributed by atoms with Crippen molar-refractivity contribution < 1.29 is 0 Å². The number of benzene rings is 1. The van der Waals surface area contributed by atoms with E-state index in [1.807, 2.05) is 6.07 Å². The van der Waals surface area contributed by atoms with Gasteiger partial charge in [-0.1, -0.05) is 31.2 Å². The molecule has 2 aromatic rings. The minimum atomic E-state index is 1.08. The van der Waals surface area contributed by atoms with E-state index in [0.717, 1.165) is 6.42 Å². The second-order valence-electron chi connectivity index (χ2n) is 3.33.